The highest BCUT2D eigenvalue weighted by molar-refractivity contribution is 7.89. The van der Waals surface area contributed by atoms with Crippen LogP contribution >= 0.6 is 0 Å². The molecule has 8 heteroatoms. The van der Waals surface area contributed by atoms with Gasteiger partial charge >= 0.3 is 0 Å². The lowest BCUT2D eigenvalue weighted by molar-refractivity contribution is 0.340. The van der Waals surface area contributed by atoms with Crippen LogP contribution in [0.4, 0.5) is 0 Å². The average Bonchev–Trinajstić information content (AvgIpc) is 2.62. The molecule has 0 atom stereocenters. The molecule has 1 N–H and O–H groups in total. The van der Waals surface area contributed by atoms with Crippen LogP contribution in [0.1, 0.15) is 12.5 Å². The Hall–Kier alpha value is -2.74. The average molecular weight is 364 g/mol. The highest BCUT2D eigenvalue weighted by Gasteiger charge is 2.13. The van der Waals surface area contributed by atoms with Gasteiger partial charge in [0.25, 0.3) is 10.0 Å². The second-order valence-corrected chi connectivity index (χ2v) is 6.50. The van der Waals surface area contributed by atoms with Gasteiger partial charge in [0.05, 0.1) is 31.9 Å². The molecule has 2 aromatic carbocycles. The lowest BCUT2D eigenvalue weighted by Gasteiger charge is -2.09. The lowest BCUT2D eigenvalue weighted by Crippen LogP contribution is -2.18. The fourth-order valence-corrected chi connectivity index (χ4v) is 2.90. The summed E-state index contributed by atoms with van der Waals surface area (Å²) in [4.78, 5) is 2.26. The van der Waals surface area contributed by atoms with Crippen molar-refractivity contribution in [1.82, 2.24) is 4.83 Å². The second kappa shape index (κ2) is 8.39. The van der Waals surface area contributed by atoms with Crippen LogP contribution in [0.25, 0.3) is 0 Å². The smallest absolute Gasteiger partial charge is 0.276 e. The van der Waals surface area contributed by atoms with Gasteiger partial charge in [-0.1, -0.05) is 6.07 Å². The first-order chi connectivity index (χ1) is 12.0. The maximum absolute atomic E-state index is 12.2. The molecule has 0 spiro atoms. The molecule has 0 amide bonds. The Balaban J connectivity index is 2.15. The normalized spacial score (nSPS) is 11.3. The van der Waals surface area contributed by atoms with Crippen molar-refractivity contribution in [3.8, 4) is 17.2 Å². The molecule has 2 aromatic rings. The number of methoxy groups -OCH3 is 2. The Kier molecular flexibility index (Phi) is 6.24. The number of hydrogen-bond acceptors (Lipinski definition) is 6. The highest BCUT2D eigenvalue weighted by Crippen LogP contribution is 2.29. The van der Waals surface area contributed by atoms with E-state index >= 15 is 0 Å². The van der Waals surface area contributed by atoms with E-state index in [1.54, 1.807) is 30.3 Å². The summed E-state index contributed by atoms with van der Waals surface area (Å²) in [6.07, 6.45) is 1.35. The van der Waals surface area contributed by atoms with Crippen LogP contribution in [-0.4, -0.2) is 35.5 Å². The van der Waals surface area contributed by atoms with Gasteiger partial charge in [0, 0.05) is 5.56 Å². The standard InChI is InChI=1S/C17H20N2O5S/c1-4-24-14-8-10-15(11-9-14)25(20,21)19-18-12-13-6-5-7-16(22-2)17(13)23-3/h5-12,19H,4H2,1-3H3/b18-12-. The van der Waals surface area contributed by atoms with Crippen molar-refractivity contribution in [2.75, 3.05) is 20.8 Å². The van der Waals surface area contributed by atoms with E-state index in [9.17, 15) is 8.42 Å². The number of rotatable bonds is 8. The molecule has 0 fully saturated rings. The first-order valence-electron chi connectivity index (χ1n) is 7.50. The van der Waals surface area contributed by atoms with E-state index in [-0.39, 0.29) is 4.90 Å². The third kappa shape index (κ3) is 4.63. The number of para-hydroxylation sites is 1. The molecule has 2 rings (SSSR count). The number of hydrazone groups is 1. The van der Waals surface area contributed by atoms with Gasteiger partial charge in [-0.05, 0) is 43.3 Å². The molecule has 7 nitrogen and oxygen atoms in total. The Labute approximate surface area is 147 Å². The summed E-state index contributed by atoms with van der Waals surface area (Å²) < 4.78 is 40.2. The van der Waals surface area contributed by atoms with Crippen molar-refractivity contribution < 1.29 is 22.6 Å². The minimum atomic E-state index is -3.77. The van der Waals surface area contributed by atoms with Gasteiger partial charge in [0.2, 0.25) is 0 Å². The van der Waals surface area contributed by atoms with Gasteiger partial charge in [0.1, 0.15) is 5.75 Å². The van der Waals surface area contributed by atoms with Crippen molar-refractivity contribution in [2.24, 2.45) is 5.10 Å². The molecular weight excluding hydrogens is 344 g/mol. The molecule has 0 aliphatic rings. The minimum Gasteiger partial charge on any atom is -0.494 e. The van der Waals surface area contributed by atoms with Crippen LogP contribution in [0, 0.1) is 0 Å². The van der Waals surface area contributed by atoms with Crippen molar-refractivity contribution in [3.05, 3.63) is 48.0 Å². The molecule has 134 valence electrons. The fourth-order valence-electron chi connectivity index (χ4n) is 2.11. The summed E-state index contributed by atoms with van der Waals surface area (Å²) in [5, 5.41) is 3.80. The van der Waals surface area contributed by atoms with E-state index in [0.29, 0.717) is 29.4 Å². The second-order valence-electron chi connectivity index (χ2n) is 4.84. The van der Waals surface area contributed by atoms with Gasteiger partial charge in [-0.25, -0.2) is 4.83 Å². The lowest BCUT2D eigenvalue weighted by atomic mass is 10.2. The molecule has 0 bridgehead atoms. The van der Waals surface area contributed by atoms with Gasteiger partial charge in [-0.15, -0.1) is 0 Å². The first-order valence-corrected chi connectivity index (χ1v) is 8.99. The van der Waals surface area contributed by atoms with Crippen molar-refractivity contribution in [2.45, 2.75) is 11.8 Å². The first kappa shape index (κ1) is 18.6. The maximum Gasteiger partial charge on any atom is 0.276 e. The largest absolute Gasteiger partial charge is 0.494 e. The zero-order valence-electron chi connectivity index (χ0n) is 14.2. The van der Waals surface area contributed by atoms with E-state index < -0.39 is 10.0 Å². The molecular formula is C17H20N2O5S. The van der Waals surface area contributed by atoms with Gasteiger partial charge in [-0.2, -0.15) is 13.5 Å². The Morgan fingerprint density at radius 1 is 1.08 bits per heavy atom. The molecule has 25 heavy (non-hydrogen) atoms. The minimum absolute atomic E-state index is 0.0886. The van der Waals surface area contributed by atoms with E-state index in [0.717, 1.165) is 0 Å². The molecule has 0 unspecified atom stereocenters. The van der Waals surface area contributed by atoms with Crippen LogP contribution in [0.15, 0.2) is 52.5 Å². The van der Waals surface area contributed by atoms with Crippen LogP contribution < -0.4 is 19.0 Å². The van der Waals surface area contributed by atoms with Gasteiger partial charge in [0.15, 0.2) is 11.5 Å². The maximum atomic E-state index is 12.2. The number of ether oxygens (including phenoxy) is 3. The van der Waals surface area contributed by atoms with Crippen molar-refractivity contribution in [3.63, 3.8) is 0 Å². The Morgan fingerprint density at radius 2 is 1.80 bits per heavy atom. The number of nitrogens with zero attached hydrogens (tertiary/aromatic N) is 1. The van der Waals surface area contributed by atoms with Crippen molar-refractivity contribution >= 4 is 16.2 Å². The summed E-state index contributed by atoms with van der Waals surface area (Å²) in [7, 11) is -0.752. The van der Waals surface area contributed by atoms with E-state index in [1.165, 1.54) is 32.6 Å². The molecule has 0 radical (unpaired) electrons. The number of benzene rings is 2. The van der Waals surface area contributed by atoms with Crippen molar-refractivity contribution in [1.29, 1.82) is 0 Å². The molecule has 0 saturated carbocycles. The molecule has 0 saturated heterocycles. The molecule has 0 aromatic heterocycles. The van der Waals surface area contributed by atoms with Crippen LogP contribution in [0.2, 0.25) is 0 Å². The Morgan fingerprint density at radius 3 is 2.40 bits per heavy atom. The predicted octanol–water partition coefficient (Wildman–Crippen LogP) is 2.41. The summed E-state index contributed by atoms with van der Waals surface area (Å²) >= 11 is 0. The van der Waals surface area contributed by atoms with Gasteiger partial charge < -0.3 is 14.2 Å². The number of nitrogens with one attached hydrogen (secondary N) is 1. The molecule has 0 heterocycles. The monoisotopic (exact) mass is 364 g/mol. The molecule has 0 aliphatic heterocycles. The van der Waals surface area contributed by atoms with Crippen LogP contribution in [-0.2, 0) is 10.0 Å². The summed E-state index contributed by atoms with van der Waals surface area (Å²) in [5.74, 6) is 1.60. The number of hydrogen-bond donors (Lipinski definition) is 1. The SMILES string of the molecule is CCOc1ccc(S(=O)(=O)N/N=C\c2cccc(OC)c2OC)cc1. The van der Waals surface area contributed by atoms with Gasteiger partial charge in [-0.3, -0.25) is 0 Å². The topological polar surface area (TPSA) is 86.2 Å². The molecule has 0 aliphatic carbocycles. The summed E-state index contributed by atoms with van der Waals surface area (Å²) in [6.45, 7) is 2.37. The fraction of sp³-hybridized carbons (Fsp3) is 0.235. The predicted molar refractivity (Wildman–Crippen MR) is 95.1 cm³/mol. The number of sulfonamides is 1. The third-order valence-corrected chi connectivity index (χ3v) is 4.49. The summed E-state index contributed by atoms with van der Waals surface area (Å²) in [5.41, 5.74) is 0.580. The Bertz CT molecular complexity index is 833. The van der Waals surface area contributed by atoms with Crippen LogP contribution in [0.5, 0.6) is 17.2 Å². The summed E-state index contributed by atoms with van der Waals surface area (Å²) in [6, 6.07) is 11.3. The third-order valence-electron chi connectivity index (χ3n) is 3.25. The quantitative estimate of drug-likeness (QED) is 0.574. The highest BCUT2D eigenvalue weighted by atomic mass is 32.2. The zero-order valence-corrected chi connectivity index (χ0v) is 15.0. The van der Waals surface area contributed by atoms with E-state index in [4.69, 9.17) is 14.2 Å². The van der Waals surface area contributed by atoms with E-state index in [1.807, 2.05) is 6.92 Å². The van der Waals surface area contributed by atoms with Crippen LogP contribution in [0.3, 0.4) is 0 Å². The zero-order chi connectivity index (χ0) is 18.3. The van der Waals surface area contributed by atoms with E-state index in [2.05, 4.69) is 9.93 Å².